The van der Waals surface area contributed by atoms with E-state index in [2.05, 4.69) is 32.2 Å². The predicted molar refractivity (Wildman–Crippen MR) is 88.1 cm³/mol. The average Bonchev–Trinajstić information content (AvgIpc) is 3.20. The van der Waals surface area contributed by atoms with E-state index in [0.717, 1.165) is 51.6 Å². The molecule has 3 fully saturated rings. The van der Waals surface area contributed by atoms with Crippen LogP contribution in [0.2, 0.25) is 0 Å². The lowest BCUT2D eigenvalue weighted by molar-refractivity contribution is -0.130. The third kappa shape index (κ3) is 3.17. The Morgan fingerprint density at radius 1 is 1.17 bits per heavy atom. The summed E-state index contributed by atoms with van der Waals surface area (Å²) in [4.78, 5) is 18.5. The van der Waals surface area contributed by atoms with Gasteiger partial charge in [0, 0.05) is 52.2 Å². The van der Waals surface area contributed by atoms with Crippen molar-refractivity contribution in [1.29, 1.82) is 0 Å². The highest BCUT2D eigenvalue weighted by molar-refractivity contribution is 5.73. The Morgan fingerprint density at radius 2 is 1.92 bits per heavy atom. The summed E-state index contributed by atoms with van der Waals surface area (Å²) in [5, 5.41) is 12.3. The number of carbonyl (C=O) groups is 1. The lowest BCUT2D eigenvalue weighted by Gasteiger charge is -2.39. The molecule has 3 heterocycles. The van der Waals surface area contributed by atoms with E-state index in [-0.39, 0.29) is 5.91 Å². The number of amides is 1. The number of tetrazole rings is 1. The molecule has 1 aromatic heterocycles. The number of piperazine rings is 1. The molecule has 0 unspecified atom stereocenters. The summed E-state index contributed by atoms with van der Waals surface area (Å²) in [5.74, 6) is 1.84. The second-order valence-electron chi connectivity index (χ2n) is 7.55. The third-order valence-corrected chi connectivity index (χ3v) is 5.70. The standard InChI is InChI=1S/C16H27N7O/c1-12-9-20(11-16-17-18-19-23(16)14-3-4-14)10-15(12)22-7-5-21(6-8-22)13(2)24/h12,14-15H,3-11H2,1-2H3/t12-,15-/m0/s1. The molecular weight excluding hydrogens is 306 g/mol. The number of hydrogen-bond donors (Lipinski definition) is 0. The van der Waals surface area contributed by atoms with Gasteiger partial charge in [-0.05, 0) is 29.2 Å². The molecule has 2 aliphatic heterocycles. The normalized spacial score (nSPS) is 29.3. The number of carbonyl (C=O) groups excluding carboxylic acids is 1. The minimum Gasteiger partial charge on any atom is -0.340 e. The number of hydrogen-bond acceptors (Lipinski definition) is 6. The van der Waals surface area contributed by atoms with Gasteiger partial charge in [0.15, 0.2) is 5.82 Å². The Bertz CT molecular complexity index is 591. The summed E-state index contributed by atoms with van der Waals surface area (Å²) in [7, 11) is 0. The van der Waals surface area contributed by atoms with E-state index in [4.69, 9.17) is 0 Å². The van der Waals surface area contributed by atoms with Gasteiger partial charge < -0.3 is 4.90 Å². The van der Waals surface area contributed by atoms with Gasteiger partial charge in [-0.2, -0.15) is 0 Å². The predicted octanol–water partition coefficient (Wildman–Crippen LogP) is -0.00760. The van der Waals surface area contributed by atoms with Gasteiger partial charge in [0.2, 0.25) is 5.91 Å². The minimum atomic E-state index is 0.197. The van der Waals surface area contributed by atoms with Crippen LogP contribution in [-0.4, -0.2) is 86.1 Å². The van der Waals surface area contributed by atoms with Crippen LogP contribution in [0.3, 0.4) is 0 Å². The number of nitrogens with zero attached hydrogens (tertiary/aromatic N) is 7. The fraction of sp³-hybridized carbons (Fsp3) is 0.875. The van der Waals surface area contributed by atoms with E-state index < -0.39 is 0 Å². The molecule has 0 spiro atoms. The van der Waals surface area contributed by atoms with Crippen LogP contribution in [0.1, 0.15) is 38.6 Å². The molecule has 1 saturated carbocycles. The molecule has 132 valence electrons. The summed E-state index contributed by atoms with van der Waals surface area (Å²) in [5.41, 5.74) is 0. The zero-order valence-electron chi connectivity index (χ0n) is 14.6. The number of rotatable bonds is 4. The van der Waals surface area contributed by atoms with Crippen LogP contribution in [0.25, 0.3) is 0 Å². The van der Waals surface area contributed by atoms with Crippen molar-refractivity contribution in [3.8, 4) is 0 Å². The van der Waals surface area contributed by atoms with Gasteiger partial charge in [-0.25, -0.2) is 4.68 Å². The third-order valence-electron chi connectivity index (χ3n) is 5.70. The first kappa shape index (κ1) is 16.0. The van der Waals surface area contributed by atoms with Crippen molar-refractivity contribution in [2.45, 2.75) is 45.3 Å². The monoisotopic (exact) mass is 333 g/mol. The van der Waals surface area contributed by atoms with Crippen LogP contribution in [0, 0.1) is 5.92 Å². The van der Waals surface area contributed by atoms with E-state index in [9.17, 15) is 4.79 Å². The highest BCUT2D eigenvalue weighted by Gasteiger charge is 2.36. The highest BCUT2D eigenvalue weighted by Crippen LogP contribution is 2.35. The van der Waals surface area contributed by atoms with E-state index in [1.165, 1.54) is 12.8 Å². The Hall–Kier alpha value is -1.54. The smallest absolute Gasteiger partial charge is 0.219 e. The summed E-state index contributed by atoms with van der Waals surface area (Å²) < 4.78 is 2.02. The van der Waals surface area contributed by atoms with Crippen molar-refractivity contribution in [3.05, 3.63) is 5.82 Å². The highest BCUT2D eigenvalue weighted by atomic mass is 16.2. The molecular formula is C16H27N7O. The molecule has 4 rings (SSSR count). The van der Waals surface area contributed by atoms with Crippen LogP contribution in [0.4, 0.5) is 0 Å². The van der Waals surface area contributed by atoms with Crippen LogP contribution in [0.5, 0.6) is 0 Å². The van der Waals surface area contributed by atoms with Gasteiger partial charge in [-0.15, -0.1) is 5.10 Å². The summed E-state index contributed by atoms with van der Waals surface area (Å²) >= 11 is 0. The SMILES string of the molecule is CC(=O)N1CCN([C@H]2CN(Cc3nnnn3C3CC3)C[C@@H]2C)CC1. The molecule has 8 nitrogen and oxygen atoms in total. The molecule has 0 radical (unpaired) electrons. The van der Waals surface area contributed by atoms with Crippen molar-refractivity contribution < 1.29 is 4.79 Å². The summed E-state index contributed by atoms with van der Waals surface area (Å²) in [6.07, 6.45) is 2.41. The van der Waals surface area contributed by atoms with Crippen LogP contribution >= 0.6 is 0 Å². The minimum absolute atomic E-state index is 0.197. The Morgan fingerprint density at radius 3 is 2.58 bits per heavy atom. The molecule has 1 aliphatic carbocycles. The maximum atomic E-state index is 11.5. The fourth-order valence-corrected chi connectivity index (χ4v) is 4.14. The molecule has 3 aliphatic rings. The quantitative estimate of drug-likeness (QED) is 0.772. The van der Waals surface area contributed by atoms with Crippen LogP contribution < -0.4 is 0 Å². The molecule has 1 aromatic rings. The zero-order chi connectivity index (χ0) is 16.7. The molecule has 0 bridgehead atoms. The van der Waals surface area contributed by atoms with Crippen LogP contribution in [-0.2, 0) is 11.3 Å². The first-order valence-corrected chi connectivity index (χ1v) is 9.10. The van der Waals surface area contributed by atoms with Crippen molar-refractivity contribution in [3.63, 3.8) is 0 Å². The van der Waals surface area contributed by atoms with Crippen LogP contribution in [0.15, 0.2) is 0 Å². The molecule has 2 saturated heterocycles. The molecule has 0 N–H and O–H groups in total. The van der Waals surface area contributed by atoms with E-state index in [1.54, 1.807) is 6.92 Å². The number of aromatic nitrogens is 4. The van der Waals surface area contributed by atoms with E-state index >= 15 is 0 Å². The van der Waals surface area contributed by atoms with Crippen molar-refractivity contribution >= 4 is 5.91 Å². The Labute approximate surface area is 142 Å². The average molecular weight is 333 g/mol. The second-order valence-corrected chi connectivity index (χ2v) is 7.55. The summed E-state index contributed by atoms with van der Waals surface area (Å²) in [6.45, 7) is 10.7. The molecule has 1 amide bonds. The first-order valence-electron chi connectivity index (χ1n) is 9.10. The lowest BCUT2D eigenvalue weighted by atomic mass is 10.0. The summed E-state index contributed by atoms with van der Waals surface area (Å²) in [6, 6.07) is 1.11. The maximum absolute atomic E-state index is 11.5. The van der Waals surface area contributed by atoms with E-state index in [1.807, 2.05) is 9.58 Å². The molecule has 8 heteroatoms. The molecule has 0 aromatic carbocycles. The van der Waals surface area contributed by atoms with Gasteiger partial charge in [0.1, 0.15) is 0 Å². The van der Waals surface area contributed by atoms with Crippen molar-refractivity contribution in [2.24, 2.45) is 5.92 Å². The van der Waals surface area contributed by atoms with Gasteiger partial charge in [-0.3, -0.25) is 14.6 Å². The molecule has 2 atom stereocenters. The van der Waals surface area contributed by atoms with Gasteiger partial charge in [0.25, 0.3) is 0 Å². The Balaban J connectivity index is 1.34. The van der Waals surface area contributed by atoms with Crippen molar-refractivity contribution in [2.75, 3.05) is 39.3 Å². The Kier molecular flexibility index (Phi) is 4.26. The van der Waals surface area contributed by atoms with Gasteiger partial charge in [0.05, 0.1) is 12.6 Å². The molecule has 24 heavy (non-hydrogen) atoms. The number of likely N-dealkylation sites (tertiary alicyclic amines) is 1. The van der Waals surface area contributed by atoms with Crippen molar-refractivity contribution in [1.82, 2.24) is 34.9 Å². The fourth-order valence-electron chi connectivity index (χ4n) is 4.14. The maximum Gasteiger partial charge on any atom is 0.219 e. The first-order chi connectivity index (χ1) is 11.6. The van der Waals surface area contributed by atoms with Gasteiger partial charge >= 0.3 is 0 Å². The second kappa shape index (κ2) is 6.40. The largest absolute Gasteiger partial charge is 0.340 e. The zero-order valence-corrected chi connectivity index (χ0v) is 14.6. The van der Waals surface area contributed by atoms with Gasteiger partial charge in [-0.1, -0.05) is 6.92 Å². The topological polar surface area (TPSA) is 70.4 Å². The van der Waals surface area contributed by atoms with E-state index in [0.29, 0.717) is 18.0 Å². The lowest BCUT2D eigenvalue weighted by Crippen LogP contribution is -2.53.